The molecule has 0 aliphatic rings. The van der Waals surface area contributed by atoms with Crippen LogP contribution in [0.15, 0.2) is 28.6 Å². The number of halogens is 2. The van der Waals surface area contributed by atoms with E-state index in [4.69, 9.17) is 23.2 Å². The van der Waals surface area contributed by atoms with Gasteiger partial charge in [0.15, 0.2) is 11.1 Å². The summed E-state index contributed by atoms with van der Waals surface area (Å²) in [6.45, 7) is 3.90. The number of benzene rings is 1. The molecule has 2 rings (SSSR count). The Hall–Kier alpha value is -1.50. The molecule has 130 valence electrons. The molecule has 1 heterocycles. The van der Waals surface area contributed by atoms with Crippen LogP contribution >= 0.6 is 34.5 Å². The molecule has 0 atom stereocenters. The van der Waals surface area contributed by atoms with Gasteiger partial charge in [-0.25, -0.2) is 9.98 Å². The average molecular weight is 386 g/mol. The highest BCUT2D eigenvalue weighted by Crippen LogP contribution is 2.21. The quantitative estimate of drug-likeness (QED) is 0.586. The van der Waals surface area contributed by atoms with Gasteiger partial charge in [0.2, 0.25) is 0 Å². The fraction of sp³-hybridized carbons (Fsp3) is 0.375. The van der Waals surface area contributed by atoms with Gasteiger partial charge in [0, 0.05) is 36.1 Å². The number of guanidine groups is 1. The van der Waals surface area contributed by atoms with E-state index in [1.165, 1.54) is 0 Å². The Bertz CT molecular complexity index is 700. The minimum atomic E-state index is 0.478. The zero-order valence-electron chi connectivity index (χ0n) is 13.9. The van der Waals surface area contributed by atoms with Crippen molar-refractivity contribution in [3.05, 3.63) is 44.9 Å². The maximum Gasteiger partial charge on any atom is 0.191 e. The number of nitrogens with one attached hydrogen (secondary N) is 2. The highest BCUT2D eigenvalue weighted by molar-refractivity contribution is 7.13. The largest absolute Gasteiger partial charge is 0.357 e. The number of rotatable bonds is 6. The van der Waals surface area contributed by atoms with Crippen molar-refractivity contribution >= 4 is 45.6 Å². The third kappa shape index (κ3) is 5.54. The second kappa shape index (κ2) is 9.11. The minimum absolute atomic E-state index is 0.478. The van der Waals surface area contributed by atoms with Crippen LogP contribution in [0.5, 0.6) is 0 Å². The molecule has 1 aromatic carbocycles. The Morgan fingerprint density at radius 3 is 2.71 bits per heavy atom. The van der Waals surface area contributed by atoms with Gasteiger partial charge in [0.1, 0.15) is 0 Å². The van der Waals surface area contributed by atoms with Crippen molar-refractivity contribution in [2.45, 2.75) is 20.0 Å². The van der Waals surface area contributed by atoms with E-state index in [0.717, 1.165) is 28.9 Å². The van der Waals surface area contributed by atoms with E-state index in [-0.39, 0.29) is 0 Å². The number of anilines is 1. The standard InChI is InChI=1S/C16H21Cl2N5S/c1-4-19-15(20-8-11-5-6-12(17)7-14(11)18)21-9-13-10-24-16(22-13)23(2)3/h5-7,10H,4,8-9H2,1-3H3,(H2,19,20,21). The predicted molar refractivity (Wildman–Crippen MR) is 105 cm³/mol. The van der Waals surface area contributed by atoms with Crippen LogP contribution in [-0.4, -0.2) is 31.6 Å². The first-order valence-corrected chi connectivity index (χ1v) is 9.21. The first kappa shape index (κ1) is 18.8. The normalized spacial score (nSPS) is 11.5. The van der Waals surface area contributed by atoms with Gasteiger partial charge in [0.05, 0.1) is 18.8 Å². The van der Waals surface area contributed by atoms with Gasteiger partial charge in [-0.05, 0) is 24.6 Å². The summed E-state index contributed by atoms with van der Waals surface area (Å²) in [6.07, 6.45) is 0. The lowest BCUT2D eigenvalue weighted by atomic mass is 10.2. The number of hydrogen-bond acceptors (Lipinski definition) is 4. The molecular weight excluding hydrogens is 365 g/mol. The van der Waals surface area contributed by atoms with Crippen molar-refractivity contribution in [3.8, 4) is 0 Å². The van der Waals surface area contributed by atoms with Crippen LogP contribution in [0.1, 0.15) is 18.2 Å². The lowest BCUT2D eigenvalue weighted by Crippen LogP contribution is -2.36. The first-order valence-electron chi connectivity index (χ1n) is 7.57. The Balaban J connectivity index is 1.99. The average Bonchev–Trinajstić information content (AvgIpc) is 3.00. The molecule has 0 bridgehead atoms. The first-order chi connectivity index (χ1) is 11.5. The second-order valence-electron chi connectivity index (χ2n) is 5.30. The van der Waals surface area contributed by atoms with E-state index in [9.17, 15) is 0 Å². The Labute approximate surface area is 156 Å². The van der Waals surface area contributed by atoms with Crippen molar-refractivity contribution in [1.29, 1.82) is 0 Å². The third-order valence-corrected chi connectivity index (χ3v) is 4.77. The van der Waals surface area contributed by atoms with Gasteiger partial charge >= 0.3 is 0 Å². The smallest absolute Gasteiger partial charge is 0.191 e. The molecule has 0 fully saturated rings. The SMILES string of the molecule is CCNC(=NCc1ccc(Cl)cc1Cl)NCc1csc(N(C)C)n1. The summed E-state index contributed by atoms with van der Waals surface area (Å²) in [5, 5.41) is 10.8. The summed E-state index contributed by atoms with van der Waals surface area (Å²) < 4.78 is 0. The number of nitrogens with zero attached hydrogens (tertiary/aromatic N) is 3. The van der Waals surface area contributed by atoms with Crippen molar-refractivity contribution in [2.75, 3.05) is 25.5 Å². The van der Waals surface area contributed by atoms with Crippen molar-refractivity contribution < 1.29 is 0 Å². The molecule has 8 heteroatoms. The molecule has 0 unspecified atom stereocenters. The topological polar surface area (TPSA) is 52.6 Å². The summed E-state index contributed by atoms with van der Waals surface area (Å²) in [5.74, 6) is 0.725. The summed E-state index contributed by atoms with van der Waals surface area (Å²) in [6, 6.07) is 5.44. The predicted octanol–water partition coefficient (Wildman–Crippen LogP) is 3.77. The molecule has 1 aromatic heterocycles. The van der Waals surface area contributed by atoms with E-state index in [1.54, 1.807) is 17.4 Å². The molecule has 0 aliphatic carbocycles. The maximum absolute atomic E-state index is 6.19. The minimum Gasteiger partial charge on any atom is -0.357 e. The zero-order valence-corrected chi connectivity index (χ0v) is 16.3. The van der Waals surface area contributed by atoms with E-state index in [1.807, 2.05) is 43.4 Å². The number of thiazole rings is 1. The second-order valence-corrected chi connectivity index (χ2v) is 6.98. The van der Waals surface area contributed by atoms with Gasteiger partial charge in [-0.1, -0.05) is 29.3 Å². The van der Waals surface area contributed by atoms with Crippen LogP contribution in [0.4, 0.5) is 5.13 Å². The Kier molecular flexibility index (Phi) is 7.15. The summed E-state index contributed by atoms with van der Waals surface area (Å²) >= 11 is 13.7. The molecule has 24 heavy (non-hydrogen) atoms. The zero-order chi connectivity index (χ0) is 17.5. The molecule has 0 aliphatic heterocycles. The molecule has 0 amide bonds. The van der Waals surface area contributed by atoms with Gasteiger partial charge in [0.25, 0.3) is 0 Å². The lowest BCUT2D eigenvalue weighted by molar-refractivity contribution is 0.803. The molecular formula is C16H21Cl2N5S. The number of hydrogen-bond donors (Lipinski definition) is 2. The molecule has 0 spiro atoms. The van der Waals surface area contributed by atoms with Crippen LogP contribution in [0, 0.1) is 0 Å². The molecule has 0 saturated heterocycles. The summed E-state index contributed by atoms with van der Waals surface area (Å²) in [7, 11) is 3.97. The van der Waals surface area contributed by atoms with E-state index in [0.29, 0.717) is 23.1 Å². The highest BCUT2D eigenvalue weighted by Gasteiger charge is 2.05. The van der Waals surface area contributed by atoms with Gasteiger partial charge in [-0.3, -0.25) is 0 Å². The molecule has 0 saturated carbocycles. The van der Waals surface area contributed by atoms with Crippen LogP contribution in [0.25, 0.3) is 0 Å². The van der Waals surface area contributed by atoms with Crippen LogP contribution in [0.2, 0.25) is 10.0 Å². The van der Waals surface area contributed by atoms with Gasteiger partial charge in [-0.2, -0.15) is 0 Å². The third-order valence-electron chi connectivity index (χ3n) is 3.13. The van der Waals surface area contributed by atoms with Crippen LogP contribution in [0.3, 0.4) is 0 Å². The fourth-order valence-corrected chi connectivity index (χ4v) is 3.14. The number of aliphatic imine (C=N–C) groups is 1. The number of aromatic nitrogens is 1. The molecule has 0 radical (unpaired) electrons. The van der Waals surface area contributed by atoms with Crippen molar-refractivity contribution in [2.24, 2.45) is 4.99 Å². The van der Waals surface area contributed by atoms with Gasteiger partial charge < -0.3 is 15.5 Å². The Morgan fingerprint density at radius 2 is 2.08 bits per heavy atom. The summed E-state index contributed by atoms with van der Waals surface area (Å²) in [5.41, 5.74) is 1.92. The molecule has 2 aromatic rings. The monoisotopic (exact) mass is 385 g/mol. The summed E-state index contributed by atoms with van der Waals surface area (Å²) in [4.78, 5) is 11.1. The fourth-order valence-electron chi connectivity index (χ4n) is 1.91. The maximum atomic E-state index is 6.19. The Morgan fingerprint density at radius 1 is 1.29 bits per heavy atom. The lowest BCUT2D eigenvalue weighted by Gasteiger charge is -2.11. The van der Waals surface area contributed by atoms with Crippen molar-refractivity contribution in [3.63, 3.8) is 0 Å². The van der Waals surface area contributed by atoms with E-state index >= 15 is 0 Å². The van der Waals surface area contributed by atoms with Crippen LogP contribution < -0.4 is 15.5 Å². The molecule has 2 N–H and O–H groups in total. The van der Waals surface area contributed by atoms with E-state index in [2.05, 4.69) is 20.6 Å². The van der Waals surface area contributed by atoms with Gasteiger partial charge in [-0.15, -0.1) is 11.3 Å². The highest BCUT2D eigenvalue weighted by atomic mass is 35.5. The van der Waals surface area contributed by atoms with Crippen LogP contribution in [-0.2, 0) is 13.1 Å². The van der Waals surface area contributed by atoms with E-state index < -0.39 is 0 Å². The molecule has 5 nitrogen and oxygen atoms in total. The van der Waals surface area contributed by atoms with Crippen molar-refractivity contribution in [1.82, 2.24) is 15.6 Å².